The lowest BCUT2D eigenvalue weighted by Gasteiger charge is -2.15. The molecule has 0 radical (unpaired) electrons. The molecule has 0 saturated heterocycles. The maximum absolute atomic E-state index is 10.4. The van der Waals surface area contributed by atoms with Gasteiger partial charge in [0.05, 0.1) is 6.10 Å². The van der Waals surface area contributed by atoms with Crippen molar-refractivity contribution in [1.29, 1.82) is 0 Å². The zero-order valence-electron chi connectivity index (χ0n) is 11.4. The number of halogens is 1. The summed E-state index contributed by atoms with van der Waals surface area (Å²) in [6, 6.07) is 10.1. The van der Waals surface area contributed by atoms with Gasteiger partial charge in [-0.25, -0.2) is 0 Å². The molecule has 3 nitrogen and oxygen atoms in total. The Morgan fingerprint density at radius 2 is 2.20 bits per heavy atom. The molecule has 1 aliphatic rings. The summed E-state index contributed by atoms with van der Waals surface area (Å²) in [5, 5.41) is 10.4. The Kier molecular flexibility index (Phi) is 3.76. The van der Waals surface area contributed by atoms with Crippen molar-refractivity contribution in [3.8, 4) is 0 Å². The first-order chi connectivity index (χ1) is 9.63. The van der Waals surface area contributed by atoms with Crippen LogP contribution in [0.25, 0.3) is 0 Å². The Balaban J connectivity index is 1.77. The van der Waals surface area contributed by atoms with Crippen LogP contribution in [0.3, 0.4) is 0 Å². The molecule has 1 aromatic heterocycles. The standard InChI is InChI=1S/C16H17BrN2O/c1-19-7-6-11-8-12(2-5-15(11)19)16(20)9-14-4-3-13(17)10-18-14/h2-5,8,10,16,20H,6-7,9H2,1H3. The third kappa shape index (κ3) is 2.72. The first-order valence-corrected chi connectivity index (χ1v) is 7.55. The number of hydrogen-bond acceptors (Lipinski definition) is 3. The average Bonchev–Trinajstić information content (AvgIpc) is 2.82. The largest absolute Gasteiger partial charge is 0.388 e. The maximum atomic E-state index is 10.4. The van der Waals surface area contributed by atoms with Crippen LogP contribution in [0, 0.1) is 0 Å². The van der Waals surface area contributed by atoms with Crippen LogP contribution >= 0.6 is 15.9 Å². The second-order valence-corrected chi connectivity index (χ2v) is 6.16. The van der Waals surface area contributed by atoms with E-state index in [4.69, 9.17) is 0 Å². The lowest BCUT2D eigenvalue weighted by molar-refractivity contribution is 0.177. The molecule has 2 heterocycles. The van der Waals surface area contributed by atoms with E-state index < -0.39 is 6.10 Å². The summed E-state index contributed by atoms with van der Waals surface area (Å²) in [6.07, 6.45) is 2.87. The van der Waals surface area contributed by atoms with Gasteiger partial charge in [-0.3, -0.25) is 4.98 Å². The summed E-state index contributed by atoms with van der Waals surface area (Å²) in [5.41, 5.74) is 4.48. The lowest BCUT2D eigenvalue weighted by Crippen LogP contribution is -2.12. The number of anilines is 1. The fourth-order valence-corrected chi connectivity index (χ4v) is 2.87. The number of hydrogen-bond donors (Lipinski definition) is 1. The van der Waals surface area contributed by atoms with E-state index >= 15 is 0 Å². The summed E-state index contributed by atoms with van der Waals surface area (Å²) in [4.78, 5) is 6.56. The second kappa shape index (κ2) is 5.54. The number of aliphatic hydroxyl groups is 1. The van der Waals surface area contributed by atoms with E-state index in [1.54, 1.807) is 6.20 Å². The van der Waals surface area contributed by atoms with E-state index in [0.29, 0.717) is 6.42 Å². The van der Waals surface area contributed by atoms with Crippen LogP contribution in [0.15, 0.2) is 41.0 Å². The van der Waals surface area contributed by atoms with Crippen molar-refractivity contribution in [2.24, 2.45) is 0 Å². The van der Waals surface area contributed by atoms with Gasteiger partial charge in [0.1, 0.15) is 0 Å². The van der Waals surface area contributed by atoms with Gasteiger partial charge in [-0.2, -0.15) is 0 Å². The minimum atomic E-state index is -0.500. The number of nitrogens with zero attached hydrogens (tertiary/aromatic N) is 2. The number of fused-ring (bicyclic) bond motifs is 1. The number of aliphatic hydroxyl groups excluding tert-OH is 1. The van der Waals surface area contributed by atoms with Crippen LogP contribution in [-0.4, -0.2) is 23.7 Å². The van der Waals surface area contributed by atoms with E-state index in [2.05, 4.69) is 45.0 Å². The molecular formula is C16H17BrN2O. The Morgan fingerprint density at radius 3 is 2.95 bits per heavy atom. The number of rotatable bonds is 3. The molecule has 3 rings (SSSR count). The Bertz CT molecular complexity index is 612. The minimum Gasteiger partial charge on any atom is -0.388 e. The van der Waals surface area contributed by atoms with Crippen LogP contribution < -0.4 is 4.90 Å². The van der Waals surface area contributed by atoms with Crippen molar-refractivity contribution in [2.75, 3.05) is 18.5 Å². The average molecular weight is 333 g/mol. The van der Waals surface area contributed by atoms with Gasteiger partial charge in [0.25, 0.3) is 0 Å². The molecule has 0 saturated carbocycles. The fraction of sp³-hybridized carbons (Fsp3) is 0.312. The van der Waals surface area contributed by atoms with E-state index in [1.807, 2.05) is 18.2 Å². The molecule has 1 aromatic carbocycles. The maximum Gasteiger partial charge on any atom is 0.0845 e. The molecule has 2 aromatic rings. The number of benzene rings is 1. The molecule has 104 valence electrons. The van der Waals surface area contributed by atoms with Crippen molar-refractivity contribution in [3.63, 3.8) is 0 Å². The molecule has 0 amide bonds. The van der Waals surface area contributed by atoms with E-state index in [-0.39, 0.29) is 0 Å². The van der Waals surface area contributed by atoms with Crippen molar-refractivity contribution in [2.45, 2.75) is 18.9 Å². The van der Waals surface area contributed by atoms with Crippen LogP contribution in [0.2, 0.25) is 0 Å². The van der Waals surface area contributed by atoms with E-state index in [1.165, 1.54) is 11.3 Å². The Labute approximate surface area is 127 Å². The molecule has 0 spiro atoms. The lowest BCUT2D eigenvalue weighted by atomic mass is 10.0. The van der Waals surface area contributed by atoms with Crippen LogP contribution in [0.4, 0.5) is 5.69 Å². The van der Waals surface area contributed by atoms with Crippen molar-refractivity contribution < 1.29 is 5.11 Å². The predicted octanol–water partition coefficient (Wildman–Crippen LogP) is 3.11. The number of aromatic nitrogens is 1. The van der Waals surface area contributed by atoms with Crippen LogP contribution in [-0.2, 0) is 12.8 Å². The summed E-state index contributed by atoms with van der Waals surface area (Å²) in [7, 11) is 2.10. The topological polar surface area (TPSA) is 36.4 Å². The molecule has 20 heavy (non-hydrogen) atoms. The first kappa shape index (κ1) is 13.6. The normalized spacial score (nSPS) is 15.2. The highest BCUT2D eigenvalue weighted by atomic mass is 79.9. The van der Waals surface area contributed by atoms with Crippen molar-refractivity contribution >= 4 is 21.6 Å². The minimum absolute atomic E-state index is 0.500. The zero-order valence-corrected chi connectivity index (χ0v) is 13.0. The third-order valence-electron chi connectivity index (χ3n) is 3.81. The summed E-state index contributed by atoms with van der Waals surface area (Å²) in [6.45, 7) is 1.06. The van der Waals surface area contributed by atoms with Gasteiger partial charge in [0.15, 0.2) is 0 Å². The first-order valence-electron chi connectivity index (χ1n) is 6.76. The van der Waals surface area contributed by atoms with E-state index in [9.17, 15) is 5.11 Å². The molecular weight excluding hydrogens is 316 g/mol. The third-order valence-corrected chi connectivity index (χ3v) is 4.28. The van der Waals surface area contributed by atoms with Gasteiger partial charge in [0, 0.05) is 42.1 Å². The molecule has 4 heteroatoms. The van der Waals surface area contributed by atoms with Gasteiger partial charge in [0.2, 0.25) is 0 Å². The Morgan fingerprint density at radius 1 is 1.35 bits per heavy atom. The molecule has 0 fully saturated rings. The highest BCUT2D eigenvalue weighted by molar-refractivity contribution is 9.10. The Hall–Kier alpha value is -1.39. The quantitative estimate of drug-likeness (QED) is 0.938. The van der Waals surface area contributed by atoms with Crippen molar-refractivity contribution in [1.82, 2.24) is 4.98 Å². The predicted molar refractivity (Wildman–Crippen MR) is 84.0 cm³/mol. The molecule has 0 aliphatic carbocycles. The fourth-order valence-electron chi connectivity index (χ4n) is 2.64. The van der Waals surface area contributed by atoms with Gasteiger partial charge >= 0.3 is 0 Å². The highest BCUT2D eigenvalue weighted by Gasteiger charge is 2.18. The second-order valence-electron chi connectivity index (χ2n) is 5.25. The van der Waals surface area contributed by atoms with Gasteiger partial charge in [-0.15, -0.1) is 0 Å². The zero-order chi connectivity index (χ0) is 14.1. The number of pyridine rings is 1. The van der Waals surface area contributed by atoms with Crippen molar-refractivity contribution in [3.05, 3.63) is 57.8 Å². The monoisotopic (exact) mass is 332 g/mol. The SMILES string of the molecule is CN1CCc2cc(C(O)Cc3ccc(Br)cn3)ccc21. The summed E-state index contributed by atoms with van der Waals surface area (Å²) >= 11 is 3.37. The van der Waals surface area contributed by atoms with Crippen LogP contribution in [0.5, 0.6) is 0 Å². The molecule has 0 bridgehead atoms. The molecule has 1 unspecified atom stereocenters. The van der Waals surface area contributed by atoms with Crippen LogP contribution in [0.1, 0.15) is 22.9 Å². The highest BCUT2D eigenvalue weighted by Crippen LogP contribution is 2.30. The van der Waals surface area contributed by atoms with Gasteiger partial charge in [-0.05, 0) is 51.7 Å². The summed E-state index contributed by atoms with van der Waals surface area (Å²) < 4.78 is 0.955. The van der Waals surface area contributed by atoms with Gasteiger partial charge < -0.3 is 10.0 Å². The van der Waals surface area contributed by atoms with E-state index in [0.717, 1.165) is 28.7 Å². The van der Waals surface area contributed by atoms with Gasteiger partial charge in [-0.1, -0.05) is 12.1 Å². The number of likely N-dealkylation sites (N-methyl/N-ethyl adjacent to an activating group) is 1. The molecule has 1 N–H and O–H groups in total. The summed E-state index contributed by atoms with van der Waals surface area (Å²) in [5.74, 6) is 0. The molecule has 1 atom stereocenters. The molecule has 1 aliphatic heterocycles. The smallest absolute Gasteiger partial charge is 0.0845 e.